The van der Waals surface area contributed by atoms with Gasteiger partial charge in [0.2, 0.25) is 0 Å². The Labute approximate surface area is 204 Å². The van der Waals surface area contributed by atoms with E-state index in [-0.39, 0.29) is 0 Å². The number of hydrogen-bond donors (Lipinski definition) is 3. The Balaban J connectivity index is 0.000000431. The number of likely N-dealkylation sites (tertiary alicyclic amines) is 1. The molecule has 1 saturated heterocycles. The fourth-order valence-electron chi connectivity index (χ4n) is 4.84. The minimum atomic E-state index is -1.82. The first-order chi connectivity index (χ1) is 17.0. The summed E-state index contributed by atoms with van der Waals surface area (Å²) in [6.45, 7) is 2.37. The normalized spacial score (nSPS) is 15.5. The van der Waals surface area contributed by atoms with Gasteiger partial charge in [0, 0.05) is 29.2 Å². The van der Waals surface area contributed by atoms with Crippen molar-refractivity contribution in [2.75, 3.05) is 13.1 Å². The van der Waals surface area contributed by atoms with Gasteiger partial charge in [-0.15, -0.1) is 0 Å². The van der Waals surface area contributed by atoms with Gasteiger partial charge in [0.25, 0.3) is 0 Å². The van der Waals surface area contributed by atoms with Crippen molar-refractivity contribution in [1.82, 2.24) is 9.88 Å². The Hall–Kier alpha value is -3.90. The Morgan fingerprint density at radius 1 is 0.857 bits per heavy atom. The van der Waals surface area contributed by atoms with Gasteiger partial charge in [-0.2, -0.15) is 0 Å². The van der Waals surface area contributed by atoms with Gasteiger partial charge in [-0.25, -0.2) is 9.59 Å². The summed E-state index contributed by atoms with van der Waals surface area (Å²) in [4.78, 5) is 24.6. The number of aromatic nitrogens is 1. The van der Waals surface area contributed by atoms with E-state index in [9.17, 15) is 0 Å². The van der Waals surface area contributed by atoms with Gasteiger partial charge in [0.1, 0.15) is 0 Å². The van der Waals surface area contributed by atoms with Crippen molar-refractivity contribution in [3.8, 4) is 11.3 Å². The fourth-order valence-corrected chi connectivity index (χ4v) is 4.84. The molecule has 3 N–H and O–H groups in total. The average Bonchev–Trinajstić information content (AvgIpc) is 3.49. The van der Waals surface area contributed by atoms with Gasteiger partial charge in [0.15, 0.2) is 0 Å². The van der Waals surface area contributed by atoms with Gasteiger partial charge in [-0.3, -0.25) is 4.90 Å². The van der Waals surface area contributed by atoms with Gasteiger partial charge in [0.05, 0.1) is 0 Å². The van der Waals surface area contributed by atoms with E-state index in [1.54, 1.807) is 0 Å². The van der Waals surface area contributed by atoms with Gasteiger partial charge >= 0.3 is 11.9 Å². The predicted octanol–water partition coefficient (Wildman–Crippen LogP) is 5.24. The Morgan fingerprint density at radius 2 is 1.49 bits per heavy atom. The summed E-state index contributed by atoms with van der Waals surface area (Å²) in [5.74, 6) is -3.65. The van der Waals surface area contributed by atoms with E-state index in [1.807, 2.05) is 0 Å². The highest BCUT2D eigenvalue weighted by atomic mass is 16.4. The molecule has 0 saturated carbocycles. The fraction of sp³-hybridized carbons (Fsp3) is 0.241. The molecular formula is C29H30N2O4. The van der Waals surface area contributed by atoms with Gasteiger partial charge in [-0.05, 0) is 55.0 Å². The molecule has 1 unspecified atom stereocenters. The molecule has 5 rings (SSSR count). The van der Waals surface area contributed by atoms with Crippen LogP contribution in [0.15, 0.2) is 84.9 Å². The molecule has 35 heavy (non-hydrogen) atoms. The van der Waals surface area contributed by atoms with Gasteiger partial charge < -0.3 is 15.2 Å². The Morgan fingerprint density at radius 3 is 2.17 bits per heavy atom. The van der Waals surface area contributed by atoms with E-state index in [0.29, 0.717) is 6.04 Å². The lowest BCUT2D eigenvalue weighted by Crippen LogP contribution is -2.33. The van der Waals surface area contributed by atoms with Crippen LogP contribution in [0.25, 0.3) is 22.2 Å². The molecule has 6 nitrogen and oxygen atoms in total. The van der Waals surface area contributed by atoms with E-state index in [1.165, 1.54) is 52.7 Å². The highest BCUT2D eigenvalue weighted by Crippen LogP contribution is 2.33. The number of aromatic amines is 1. The van der Waals surface area contributed by atoms with Crippen molar-refractivity contribution in [2.45, 2.75) is 31.7 Å². The van der Waals surface area contributed by atoms with Crippen molar-refractivity contribution >= 4 is 22.8 Å². The highest BCUT2D eigenvalue weighted by molar-refractivity contribution is 6.27. The molecule has 1 fully saturated rings. The number of hydrogen-bond acceptors (Lipinski definition) is 3. The number of H-pyrrole nitrogens is 1. The van der Waals surface area contributed by atoms with Crippen LogP contribution in [0.5, 0.6) is 0 Å². The van der Waals surface area contributed by atoms with Gasteiger partial charge in [-0.1, -0.05) is 78.9 Å². The van der Waals surface area contributed by atoms with Crippen LogP contribution in [0.4, 0.5) is 0 Å². The van der Waals surface area contributed by atoms with Crippen molar-refractivity contribution < 1.29 is 19.8 Å². The maximum Gasteiger partial charge on any atom is 0.414 e. The monoisotopic (exact) mass is 470 g/mol. The van der Waals surface area contributed by atoms with Crippen molar-refractivity contribution in [2.24, 2.45) is 0 Å². The summed E-state index contributed by atoms with van der Waals surface area (Å²) in [6, 6.07) is 31.1. The van der Waals surface area contributed by atoms with E-state index in [4.69, 9.17) is 19.8 Å². The van der Waals surface area contributed by atoms with E-state index >= 15 is 0 Å². The lowest BCUT2D eigenvalue weighted by molar-refractivity contribution is -0.159. The molecule has 3 aromatic carbocycles. The number of carboxylic acid groups (broad SMARTS) is 2. The zero-order valence-corrected chi connectivity index (χ0v) is 19.6. The zero-order valence-electron chi connectivity index (χ0n) is 19.6. The average molecular weight is 471 g/mol. The quantitative estimate of drug-likeness (QED) is 0.335. The summed E-state index contributed by atoms with van der Waals surface area (Å²) < 4.78 is 0. The lowest BCUT2D eigenvalue weighted by atomic mass is 9.97. The smallest absolute Gasteiger partial charge is 0.414 e. The number of fused-ring (bicyclic) bond motifs is 1. The molecule has 0 spiro atoms. The first-order valence-corrected chi connectivity index (χ1v) is 11.9. The van der Waals surface area contributed by atoms with E-state index in [0.717, 1.165) is 19.4 Å². The summed E-state index contributed by atoms with van der Waals surface area (Å²) in [5.41, 5.74) is 6.74. The number of benzene rings is 3. The number of rotatable bonds is 6. The molecule has 0 aliphatic carbocycles. The first-order valence-electron chi connectivity index (χ1n) is 11.9. The molecule has 0 amide bonds. The highest BCUT2D eigenvalue weighted by Gasteiger charge is 2.26. The van der Waals surface area contributed by atoms with Crippen LogP contribution < -0.4 is 0 Å². The lowest BCUT2D eigenvalue weighted by Gasteiger charge is -2.25. The molecule has 6 heteroatoms. The summed E-state index contributed by atoms with van der Waals surface area (Å²) in [7, 11) is 0. The molecule has 1 aliphatic rings. The van der Waals surface area contributed by atoms with Crippen LogP contribution in [0.3, 0.4) is 0 Å². The van der Waals surface area contributed by atoms with Crippen LogP contribution >= 0.6 is 0 Å². The maximum absolute atomic E-state index is 9.10. The van der Waals surface area contributed by atoms with Crippen molar-refractivity contribution in [1.29, 1.82) is 0 Å². The molecular weight excluding hydrogens is 440 g/mol. The maximum atomic E-state index is 9.10. The molecule has 1 atom stereocenters. The number of nitrogens with one attached hydrogen (secondary N) is 1. The van der Waals surface area contributed by atoms with Crippen LogP contribution in [0.2, 0.25) is 0 Å². The minimum absolute atomic E-state index is 0.625. The van der Waals surface area contributed by atoms with E-state index < -0.39 is 11.9 Å². The summed E-state index contributed by atoms with van der Waals surface area (Å²) in [6.07, 6.45) is 4.85. The largest absolute Gasteiger partial charge is 0.473 e. The number of carboxylic acids is 2. The third-order valence-corrected chi connectivity index (χ3v) is 6.53. The number of carbonyl (C=O) groups is 2. The SMILES string of the molecule is O=C(O)C(=O)O.c1ccc(CCN2CCCC2Cc2c(-c3ccccc3)[nH]c3ccccc23)cc1. The molecule has 1 aromatic heterocycles. The standard InChI is InChI=1S/C27H28N2.C2H2O4/c1-3-10-21(11-4-1)17-19-29-18-9-14-23(29)20-25-24-15-7-8-16-26(24)28-27(25)22-12-5-2-6-13-22;3-1(4)2(5)6/h1-8,10-13,15-16,23,28H,9,14,17-20H2;(H,3,4)(H,5,6). The van der Waals surface area contributed by atoms with Crippen LogP contribution in [-0.2, 0) is 22.4 Å². The number of para-hydroxylation sites is 1. The van der Waals surface area contributed by atoms with Crippen molar-refractivity contribution in [3.05, 3.63) is 96.1 Å². The molecule has 2 heterocycles. The van der Waals surface area contributed by atoms with E-state index in [2.05, 4.69) is 94.8 Å². The van der Waals surface area contributed by atoms with Crippen LogP contribution in [-0.4, -0.2) is 51.2 Å². The second-order valence-electron chi connectivity index (χ2n) is 8.77. The Bertz CT molecular complexity index is 1260. The minimum Gasteiger partial charge on any atom is -0.473 e. The molecule has 180 valence electrons. The van der Waals surface area contributed by atoms with Crippen molar-refractivity contribution in [3.63, 3.8) is 0 Å². The topological polar surface area (TPSA) is 93.6 Å². The van der Waals surface area contributed by atoms with Crippen LogP contribution in [0.1, 0.15) is 24.0 Å². The first kappa shape index (κ1) is 24.2. The number of nitrogens with zero attached hydrogens (tertiary/aromatic N) is 1. The van der Waals surface area contributed by atoms with Crippen LogP contribution in [0, 0.1) is 0 Å². The summed E-state index contributed by atoms with van der Waals surface area (Å²) in [5, 5.41) is 16.2. The third-order valence-electron chi connectivity index (χ3n) is 6.53. The molecule has 0 bridgehead atoms. The predicted molar refractivity (Wildman–Crippen MR) is 137 cm³/mol. The summed E-state index contributed by atoms with van der Waals surface area (Å²) >= 11 is 0. The molecule has 4 aromatic rings. The molecule has 0 radical (unpaired) electrons. The second-order valence-corrected chi connectivity index (χ2v) is 8.77. The zero-order chi connectivity index (χ0) is 24.6. The third kappa shape index (κ3) is 6.16. The Kier molecular flexibility index (Phi) is 7.95. The molecule has 1 aliphatic heterocycles. The number of aliphatic carboxylic acids is 2. The second kappa shape index (κ2) is 11.5.